The molecule has 0 bridgehead atoms. The van der Waals surface area contributed by atoms with Crippen LogP contribution < -0.4 is 15.4 Å². The second-order valence-corrected chi connectivity index (χ2v) is 4.61. The highest BCUT2D eigenvalue weighted by Crippen LogP contribution is 2.24. The summed E-state index contributed by atoms with van der Waals surface area (Å²) in [4.78, 5) is 11.7. The standard InChI is InChI=1S/C14H21FN2O2/c1-10(2)16-8-4-5-14(18)17-12-7-6-11(15)9-13(12)19-3/h6-7,9-10,16H,4-5,8H2,1-3H3,(H,17,18). The van der Waals surface area contributed by atoms with Gasteiger partial charge >= 0.3 is 0 Å². The monoisotopic (exact) mass is 268 g/mol. The van der Waals surface area contributed by atoms with E-state index in [2.05, 4.69) is 24.5 Å². The van der Waals surface area contributed by atoms with Gasteiger partial charge in [0.15, 0.2) is 0 Å². The average Bonchev–Trinajstić information content (AvgIpc) is 2.36. The van der Waals surface area contributed by atoms with Crippen LogP contribution in [-0.2, 0) is 4.79 Å². The first-order valence-electron chi connectivity index (χ1n) is 6.39. The third-order valence-corrected chi connectivity index (χ3v) is 2.57. The lowest BCUT2D eigenvalue weighted by atomic mass is 10.2. The predicted octanol–water partition coefficient (Wildman–Crippen LogP) is 2.55. The number of nitrogens with one attached hydrogen (secondary N) is 2. The average molecular weight is 268 g/mol. The van der Waals surface area contributed by atoms with Crippen molar-refractivity contribution in [3.63, 3.8) is 0 Å². The number of benzene rings is 1. The van der Waals surface area contributed by atoms with Gasteiger partial charge in [-0.1, -0.05) is 13.8 Å². The number of methoxy groups -OCH3 is 1. The van der Waals surface area contributed by atoms with Gasteiger partial charge < -0.3 is 15.4 Å². The minimum Gasteiger partial charge on any atom is -0.494 e. The fourth-order valence-electron chi connectivity index (χ4n) is 1.62. The molecule has 0 aliphatic heterocycles. The van der Waals surface area contributed by atoms with Gasteiger partial charge in [0.05, 0.1) is 12.8 Å². The third-order valence-electron chi connectivity index (χ3n) is 2.57. The molecule has 0 heterocycles. The van der Waals surface area contributed by atoms with Crippen molar-refractivity contribution in [3.05, 3.63) is 24.0 Å². The molecule has 0 atom stereocenters. The quantitative estimate of drug-likeness (QED) is 0.747. The lowest BCUT2D eigenvalue weighted by Gasteiger charge is -2.11. The number of hydrogen-bond acceptors (Lipinski definition) is 3. The molecule has 0 saturated carbocycles. The molecule has 0 aromatic heterocycles. The predicted molar refractivity (Wildman–Crippen MR) is 74.0 cm³/mol. The van der Waals surface area contributed by atoms with E-state index in [1.807, 2.05) is 0 Å². The van der Waals surface area contributed by atoms with Gasteiger partial charge in [0.2, 0.25) is 5.91 Å². The Hall–Kier alpha value is -1.62. The van der Waals surface area contributed by atoms with Gasteiger partial charge in [-0.15, -0.1) is 0 Å². The lowest BCUT2D eigenvalue weighted by Crippen LogP contribution is -2.24. The number of carbonyl (C=O) groups excluding carboxylic acids is 1. The zero-order chi connectivity index (χ0) is 14.3. The number of halogens is 1. The van der Waals surface area contributed by atoms with Crippen molar-refractivity contribution in [1.29, 1.82) is 0 Å². The van der Waals surface area contributed by atoms with Crippen LogP contribution in [0.3, 0.4) is 0 Å². The van der Waals surface area contributed by atoms with Gasteiger partial charge in [0.1, 0.15) is 11.6 Å². The summed E-state index contributed by atoms with van der Waals surface area (Å²) in [5, 5.41) is 5.96. The Morgan fingerprint density at radius 2 is 2.16 bits per heavy atom. The summed E-state index contributed by atoms with van der Waals surface area (Å²) in [7, 11) is 1.44. The van der Waals surface area contributed by atoms with Crippen LogP contribution in [0.4, 0.5) is 10.1 Å². The second-order valence-electron chi connectivity index (χ2n) is 4.61. The highest BCUT2D eigenvalue weighted by atomic mass is 19.1. The number of ether oxygens (including phenoxy) is 1. The van der Waals surface area contributed by atoms with Crippen molar-refractivity contribution >= 4 is 11.6 Å². The van der Waals surface area contributed by atoms with Crippen LogP contribution in [0, 0.1) is 5.82 Å². The maximum Gasteiger partial charge on any atom is 0.224 e. The van der Waals surface area contributed by atoms with E-state index in [9.17, 15) is 9.18 Å². The summed E-state index contributed by atoms with van der Waals surface area (Å²) in [6.45, 7) is 4.92. The molecule has 2 N–H and O–H groups in total. The molecule has 0 unspecified atom stereocenters. The van der Waals surface area contributed by atoms with Gasteiger partial charge in [-0.25, -0.2) is 4.39 Å². The SMILES string of the molecule is COc1cc(F)ccc1NC(=O)CCCNC(C)C. The maximum absolute atomic E-state index is 13.0. The van der Waals surface area contributed by atoms with Crippen LogP contribution in [0.25, 0.3) is 0 Å². The summed E-state index contributed by atoms with van der Waals surface area (Å²) >= 11 is 0. The lowest BCUT2D eigenvalue weighted by molar-refractivity contribution is -0.116. The smallest absolute Gasteiger partial charge is 0.224 e. The minimum atomic E-state index is -0.393. The summed E-state index contributed by atoms with van der Waals surface area (Å²) < 4.78 is 18.0. The van der Waals surface area contributed by atoms with Crippen LogP contribution in [0.1, 0.15) is 26.7 Å². The highest BCUT2D eigenvalue weighted by Gasteiger charge is 2.08. The van der Waals surface area contributed by atoms with Gasteiger partial charge in [0.25, 0.3) is 0 Å². The minimum absolute atomic E-state index is 0.101. The number of carbonyl (C=O) groups is 1. The van der Waals surface area contributed by atoms with E-state index >= 15 is 0 Å². The van der Waals surface area contributed by atoms with Crippen LogP contribution >= 0.6 is 0 Å². The van der Waals surface area contributed by atoms with Crippen molar-refractivity contribution in [2.75, 3.05) is 19.0 Å². The molecular weight excluding hydrogens is 247 g/mol. The first kappa shape index (κ1) is 15.4. The van der Waals surface area contributed by atoms with Crippen LogP contribution in [-0.4, -0.2) is 25.6 Å². The summed E-state index contributed by atoms with van der Waals surface area (Å²) in [5.41, 5.74) is 0.491. The molecule has 106 valence electrons. The molecule has 0 saturated heterocycles. The molecule has 0 spiro atoms. The molecule has 1 aromatic rings. The summed E-state index contributed by atoms with van der Waals surface area (Å²) in [5.74, 6) is -0.167. The molecule has 5 heteroatoms. The van der Waals surface area contributed by atoms with E-state index in [0.29, 0.717) is 23.9 Å². The Morgan fingerprint density at radius 1 is 1.42 bits per heavy atom. The zero-order valence-corrected chi connectivity index (χ0v) is 11.6. The molecule has 4 nitrogen and oxygen atoms in total. The Kier molecular flexibility index (Phi) is 6.29. The first-order valence-corrected chi connectivity index (χ1v) is 6.39. The maximum atomic E-state index is 13.0. The Labute approximate surface area is 113 Å². The van der Waals surface area contributed by atoms with E-state index in [0.717, 1.165) is 13.0 Å². The second kappa shape index (κ2) is 7.74. The largest absolute Gasteiger partial charge is 0.494 e. The van der Waals surface area contributed by atoms with E-state index in [1.165, 1.54) is 25.3 Å². The Morgan fingerprint density at radius 3 is 2.79 bits per heavy atom. The molecular formula is C14H21FN2O2. The molecule has 0 aliphatic carbocycles. The summed E-state index contributed by atoms with van der Waals surface area (Å²) in [6, 6.07) is 4.45. The number of rotatable bonds is 7. The topological polar surface area (TPSA) is 50.4 Å². The Bertz CT molecular complexity index is 422. The zero-order valence-electron chi connectivity index (χ0n) is 11.6. The fourth-order valence-corrected chi connectivity index (χ4v) is 1.62. The number of hydrogen-bond donors (Lipinski definition) is 2. The molecule has 1 aromatic carbocycles. The molecule has 1 rings (SSSR count). The van der Waals surface area contributed by atoms with E-state index < -0.39 is 5.82 Å². The van der Waals surface area contributed by atoms with Gasteiger partial charge in [-0.05, 0) is 25.1 Å². The number of anilines is 1. The van der Waals surface area contributed by atoms with Crippen LogP contribution in [0.2, 0.25) is 0 Å². The van der Waals surface area contributed by atoms with Crippen molar-refractivity contribution in [3.8, 4) is 5.75 Å². The first-order chi connectivity index (χ1) is 9.02. The van der Waals surface area contributed by atoms with E-state index in [4.69, 9.17) is 4.74 Å². The van der Waals surface area contributed by atoms with Crippen LogP contribution in [0.5, 0.6) is 5.75 Å². The van der Waals surface area contributed by atoms with Crippen molar-refractivity contribution in [1.82, 2.24) is 5.32 Å². The van der Waals surface area contributed by atoms with Gasteiger partial charge in [-0.3, -0.25) is 4.79 Å². The van der Waals surface area contributed by atoms with E-state index in [1.54, 1.807) is 0 Å². The number of amides is 1. The molecule has 1 amide bonds. The third kappa shape index (κ3) is 5.70. The summed E-state index contributed by atoms with van der Waals surface area (Å²) in [6.07, 6.45) is 1.17. The van der Waals surface area contributed by atoms with Gasteiger partial charge in [-0.2, -0.15) is 0 Å². The fraction of sp³-hybridized carbons (Fsp3) is 0.500. The van der Waals surface area contributed by atoms with Gasteiger partial charge in [0, 0.05) is 18.5 Å². The molecule has 0 aliphatic rings. The van der Waals surface area contributed by atoms with Crippen molar-refractivity contribution in [2.45, 2.75) is 32.7 Å². The van der Waals surface area contributed by atoms with E-state index in [-0.39, 0.29) is 5.91 Å². The molecule has 19 heavy (non-hydrogen) atoms. The molecule has 0 radical (unpaired) electrons. The van der Waals surface area contributed by atoms with Crippen LogP contribution in [0.15, 0.2) is 18.2 Å². The Balaban J connectivity index is 2.44. The van der Waals surface area contributed by atoms with Crippen molar-refractivity contribution in [2.24, 2.45) is 0 Å². The van der Waals surface area contributed by atoms with Crippen molar-refractivity contribution < 1.29 is 13.9 Å². The molecule has 0 fully saturated rings. The normalized spacial score (nSPS) is 10.6. The highest BCUT2D eigenvalue weighted by molar-refractivity contribution is 5.92.